The summed E-state index contributed by atoms with van der Waals surface area (Å²) in [6.45, 7) is 0.870. The van der Waals surface area contributed by atoms with Gasteiger partial charge < -0.3 is 4.90 Å². The average molecular weight is 328 g/mol. The van der Waals surface area contributed by atoms with Crippen molar-refractivity contribution in [1.82, 2.24) is 19.9 Å². The second-order valence-electron chi connectivity index (χ2n) is 6.36. The van der Waals surface area contributed by atoms with E-state index in [-0.39, 0.29) is 5.91 Å². The fourth-order valence-electron chi connectivity index (χ4n) is 3.91. The number of hydrogen-bond donors (Lipinski definition) is 0. The normalized spacial score (nSPS) is 24.3. The van der Waals surface area contributed by atoms with Crippen LogP contribution < -0.4 is 0 Å². The SMILES string of the molecule is O=C(c1csc(-c2ncccn2)n1)N1CCC[C@@H]2CCCC[C@@H]21. The van der Waals surface area contributed by atoms with Crippen LogP contribution in [0.5, 0.6) is 0 Å². The minimum atomic E-state index is 0.0834. The van der Waals surface area contributed by atoms with E-state index in [0.29, 0.717) is 28.5 Å². The molecule has 0 aromatic carbocycles. The molecular formula is C17H20N4OS. The van der Waals surface area contributed by atoms with Gasteiger partial charge in [-0.05, 0) is 37.7 Å². The molecule has 0 bridgehead atoms. The lowest BCUT2D eigenvalue weighted by Crippen LogP contribution is -2.49. The van der Waals surface area contributed by atoms with Crippen molar-refractivity contribution in [3.8, 4) is 10.8 Å². The van der Waals surface area contributed by atoms with Crippen molar-refractivity contribution in [2.45, 2.75) is 44.6 Å². The molecule has 1 saturated carbocycles. The minimum Gasteiger partial charge on any atom is -0.334 e. The molecule has 23 heavy (non-hydrogen) atoms. The summed E-state index contributed by atoms with van der Waals surface area (Å²) < 4.78 is 0. The Kier molecular flexibility index (Phi) is 4.08. The molecule has 0 unspecified atom stereocenters. The fraction of sp³-hybridized carbons (Fsp3) is 0.529. The average Bonchev–Trinajstić information content (AvgIpc) is 3.11. The number of piperidine rings is 1. The van der Waals surface area contributed by atoms with Gasteiger partial charge in [0, 0.05) is 30.4 Å². The van der Waals surface area contributed by atoms with Gasteiger partial charge >= 0.3 is 0 Å². The second kappa shape index (κ2) is 6.35. The number of nitrogens with zero attached hydrogens (tertiary/aromatic N) is 4. The van der Waals surface area contributed by atoms with Crippen LogP contribution in [0.1, 0.15) is 49.0 Å². The van der Waals surface area contributed by atoms with Crippen molar-refractivity contribution in [3.63, 3.8) is 0 Å². The van der Waals surface area contributed by atoms with E-state index in [1.807, 2.05) is 5.38 Å². The lowest BCUT2D eigenvalue weighted by molar-refractivity contribution is 0.0386. The second-order valence-corrected chi connectivity index (χ2v) is 7.22. The van der Waals surface area contributed by atoms with Crippen LogP contribution in [0, 0.1) is 5.92 Å². The van der Waals surface area contributed by atoms with Crippen LogP contribution in [-0.2, 0) is 0 Å². The lowest BCUT2D eigenvalue weighted by atomic mass is 9.78. The third-order valence-electron chi connectivity index (χ3n) is 4.98. The van der Waals surface area contributed by atoms with Crippen molar-refractivity contribution in [2.75, 3.05) is 6.54 Å². The number of hydrogen-bond acceptors (Lipinski definition) is 5. The molecule has 0 radical (unpaired) electrons. The Labute approximate surface area is 139 Å². The maximum absolute atomic E-state index is 12.9. The predicted octanol–water partition coefficient (Wildman–Crippen LogP) is 3.39. The summed E-state index contributed by atoms with van der Waals surface area (Å²) in [5, 5.41) is 2.56. The molecule has 0 spiro atoms. The van der Waals surface area contributed by atoms with Crippen molar-refractivity contribution in [2.24, 2.45) is 5.92 Å². The summed E-state index contributed by atoms with van der Waals surface area (Å²) >= 11 is 1.44. The maximum atomic E-state index is 12.9. The summed E-state index contributed by atoms with van der Waals surface area (Å²) in [6.07, 6.45) is 10.8. The van der Waals surface area contributed by atoms with E-state index in [4.69, 9.17) is 0 Å². The lowest BCUT2D eigenvalue weighted by Gasteiger charge is -2.43. The predicted molar refractivity (Wildman–Crippen MR) is 89.2 cm³/mol. The Hall–Kier alpha value is -1.82. The Morgan fingerprint density at radius 2 is 1.91 bits per heavy atom. The highest BCUT2D eigenvalue weighted by Gasteiger charge is 2.36. The molecule has 1 amide bonds. The highest BCUT2D eigenvalue weighted by Crippen LogP contribution is 2.36. The first-order chi connectivity index (χ1) is 11.3. The summed E-state index contributed by atoms with van der Waals surface area (Å²) in [4.78, 5) is 27.9. The molecule has 0 N–H and O–H groups in total. The highest BCUT2D eigenvalue weighted by atomic mass is 32.1. The van der Waals surface area contributed by atoms with Crippen molar-refractivity contribution in [1.29, 1.82) is 0 Å². The van der Waals surface area contributed by atoms with Crippen LogP contribution in [0.2, 0.25) is 0 Å². The molecule has 2 aromatic heterocycles. The van der Waals surface area contributed by atoms with Crippen LogP contribution in [0.25, 0.3) is 10.8 Å². The van der Waals surface area contributed by atoms with Gasteiger partial charge in [-0.3, -0.25) is 4.79 Å². The molecule has 6 heteroatoms. The van der Waals surface area contributed by atoms with E-state index < -0.39 is 0 Å². The first kappa shape index (κ1) is 14.8. The molecule has 2 aromatic rings. The number of thiazole rings is 1. The van der Waals surface area contributed by atoms with Gasteiger partial charge in [-0.25, -0.2) is 15.0 Å². The van der Waals surface area contributed by atoms with Crippen LogP contribution in [0.4, 0.5) is 0 Å². The van der Waals surface area contributed by atoms with Gasteiger partial charge in [0.2, 0.25) is 0 Å². The van der Waals surface area contributed by atoms with Gasteiger partial charge in [0.15, 0.2) is 10.8 Å². The first-order valence-corrected chi connectivity index (χ1v) is 9.25. The molecule has 2 atom stereocenters. The van der Waals surface area contributed by atoms with Crippen LogP contribution in [0.15, 0.2) is 23.8 Å². The Bertz CT molecular complexity index is 685. The summed E-state index contributed by atoms with van der Waals surface area (Å²) in [7, 11) is 0. The van der Waals surface area contributed by atoms with Gasteiger partial charge in [-0.2, -0.15) is 0 Å². The minimum absolute atomic E-state index is 0.0834. The quantitative estimate of drug-likeness (QED) is 0.848. The van der Waals surface area contributed by atoms with Crippen molar-refractivity contribution in [3.05, 3.63) is 29.5 Å². The van der Waals surface area contributed by atoms with Crippen LogP contribution in [-0.4, -0.2) is 38.3 Å². The molecule has 1 saturated heterocycles. The number of amides is 1. The molecule has 3 heterocycles. The number of rotatable bonds is 2. The summed E-state index contributed by atoms with van der Waals surface area (Å²) in [5.74, 6) is 1.36. The molecule has 2 aliphatic rings. The van der Waals surface area contributed by atoms with Crippen LogP contribution >= 0.6 is 11.3 Å². The van der Waals surface area contributed by atoms with E-state index in [9.17, 15) is 4.79 Å². The number of fused-ring (bicyclic) bond motifs is 1. The van der Waals surface area contributed by atoms with Gasteiger partial charge in [-0.15, -0.1) is 11.3 Å². The molecule has 5 nitrogen and oxygen atoms in total. The summed E-state index contributed by atoms with van der Waals surface area (Å²) in [5.41, 5.74) is 0.545. The highest BCUT2D eigenvalue weighted by molar-refractivity contribution is 7.13. The maximum Gasteiger partial charge on any atom is 0.273 e. The summed E-state index contributed by atoms with van der Waals surface area (Å²) in [6, 6.07) is 2.20. The van der Waals surface area contributed by atoms with Gasteiger partial charge in [0.25, 0.3) is 5.91 Å². The van der Waals surface area contributed by atoms with E-state index in [0.717, 1.165) is 19.4 Å². The largest absolute Gasteiger partial charge is 0.334 e. The van der Waals surface area contributed by atoms with E-state index >= 15 is 0 Å². The third kappa shape index (κ3) is 2.87. The van der Waals surface area contributed by atoms with E-state index in [1.54, 1.807) is 18.5 Å². The zero-order chi connectivity index (χ0) is 15.6. The van der Waals surface area contributed by atoms with Gasteiger partial charge in [0.05, 0.1) is 0 Å². The topological polar surface area (TPSA) is 59.0 Å². The number of aromatic nitrogens is 3. The third-order valence-corrected chi connectivity index (χ3v) is 5.82. The van der Waals surface area contributed by atoms with Gasteiger partial charge in [-0.1, -0.05) is 12.8 Å². The Morgan fingerprint density at radius 1 is 1.13 bits per heavy atom. The monoisotopic (exact) mass is 328 g/mol. The molecule has 2 fully saturated rings. The van der Waals surface area contributed by atoms with Crippen molar-refractivity contribution >= 4 is 17.2 Å². The Morgan fingerprint density at radius 3 is 2.78 bits per heavy atom. The standard InChI is InChI=1S/C17H20N4OS/c22-17(21-10-3-6-12-5-1-2-7-14(12)21)13-11-23-16(20-13)15-18-8-4-9-19-15/h4,8-9,11-12,14H,1-3,5-7,10H2/t12-,14-/m0/s1. The molecule has 1 aliphatic heterocycles. The number of carbonyl (C=O) groups excluding carboxylic acids is 1. The zero-order valence-electron chi connectivity index (χ0n) is 13.0. The number of carbonyl (C=O) groups is 1. The molecule has 4 rings (SSSR count). The number of likely N-dealkylation sites (tertiary alicyclic amines) is 1. The zero-order valence-corrected chi connectivity index (χ0v) is 13.8. The smallest absolute Gasteiger partial charge is 0.273 e. The molecule has 120 valence electrons. The first-order valence-electron chi connectivity index (χ1n) is 8.37. The van der Waals surface area contributed by atoms with E-state index in [2.05, 4.69) is 19.9 Å². The van der Waals surface area contributed by atoms with Gasteiger partial charge in [0.1, 0.15) is 5.69 Å². The van der Waals surface area contributed by atoms with Crippen molar-refractivity contribution < 1.29 is 4.79 Å². The Balaban J connectivity index is 1.56. The van der Waals surface area contributed by atoms with Crippen LogP contribution in [0.3, 0.4) is 0 Å². The molecular weight excluding hydrogens is 308 g/mol. The molecule has 1 aliphatic carbocycles. The fourth-order valence-corrected chi connectivity index (χ4v) is 4.65. The van der Waals surface area contributed by atoms with E-state index in [1.165, 1.54) is 37.0 Å².